The predicted octanol–water partition coefficient (Wildman–Crippen LogP) is 5.13. The molecule has 1 atom stereocenters. The Morgan fingerprint density at radius 3 is 2.89 bits per heavy atom. The smallest absolute Gasteiger partial charge is 0.0614 e. The Morgan fingerprint density at radius 1 is 1.26 bits per heavy atom. The van der Waals surface area contributed by atoms with Crippen LogP contribution in [0.15, 0.2) is 23.6 Å². The van der Waals surface area contributed by atoms with Crippen LogP contribution in [-0.2, 0) is 6.42 Å². The first-order valence-corrected chi connectivity index (χ1v) is 7.86. The highest BCUT2D eigenvalue weighted by Gasteiger charge is 2.21. The molecule has 1 aliphatic carbocycles. The van der Waals surface area contributed by atoms with Crippen LogP contribution in [0.5, 0.6) is 0 Å². The quantitative estimate of drug-likeness (QED) is 0.755. The van der Waals surface area contributed by atoms with Crippen molar-refractivity contribution in [3.8, 4) is 0 Å². The number of nitrogens with one attached hydrogen (secondary N) is 1. The number of halogens is 2. The van der Waals surface area contributed by atoms with Crippen LogP contribution < -0.4 is 11.1 Å². The van der Waals surface area contributed by atoms with Gasteiger partial charge in [0.1, 0.15) is 0 Å². The third-order valence-corrected chi connectivity index (χ3v) is 5.19. The number of fused-ring (bicyclic) bond motifs is 1. The predicted molar refractivity (Wildman–Crippen MR) is 84.5 cm³/mol. The van der Waals surface area contributed by atoms with E-state index in [4.69, 9.17) is 28.9 Å². The Bertz CT molecular complexity index is 609. The molecule has 3 N–H and O–H groups in total. The lowest BCUT2D eigenvalue weighted by atomic mass is 9.94. The number of aryl methyl sites for hydroxylation is 1. The SMILES string of the molecule is Nc1cc(Cl)c(Cl)cc1NC1CCCc2sccc21. The van der Waals surface area contributed by atoms with Gasteiger partial charge in [0.05, 0.1) is 27.5 Å². The largest absolute Gasteiger partial charge is 0.397 e. The molecule has 100 valence electrons. The highest BCUT2D eigenvalue weighted by atomic mass is 35.5. The van der Waals surface area contributed by atoms with Crippen molar-refractivity contribution in [2.45, 2.75) is 25.3 Å². The van der Waals surface area contributed by atoms with Crippen LogP contribution in [0, 0.1) is 0 Å². The molecule has 0 saturated carbocycles. The van der Waals surface area contributed by atoms with Crippen LogP contribution >= 0.6 is 34.5 Å². The molecule has 2 aromatic rings. The van der Waals surface area contributed by atoms with Crippen molar-refractivity contribution >= 4 is 45.9 Å². The third-order valence-electron chi connectivity index (χ3n) is 3.47. The Kier molecular flexibility index (Phi) is 3.61. The van der Waals surface area contributed by atoms with E-state index in [1.54, 1.807) is 12.1 Å². The van der Waals surface area contributed by atoms with E-state index in [0.29, 0.717) is 21.8 Å². The molecule has 1 aromatic carbocycles. The highest BCUT2D eigenvalue weighted by molar-refractivity contribution is 7.10. The van der Waals surface area contributed by atoms with Crippen molar-refractivity contribution in [1.29, 1.82) is 0 Å². The minimum absolute atomic E-state index is 0.314. The van der Waals surface area contributed by atoms with Gasteiger partial charge in [0.15, 0.2) is 0 Å². The van der Waals surface area contributed by atoms with Gasteiger partial charge < -0.3 is 11.1 Å². The number of hydrogen-bond donors (Lipinski definition) is 2. The summed E-state index contributed by atoms with van der Waals surface area (Å²) in [6.45, 7) is 0. The molecule has 0 fully saturated rings. The molecule has 5 heteroatoms. The third kappa shape index (κ3) is 2.55. The van der Waals surface area contributed by atoms with Crippen molar-refractivity contribution in [1.82, 2.24) is 0 Å². The Hall–Kier alpha value is -0.900. The molecule has 0 aliphatic heterocycles. The van der Waals surface area contributed by atoms with E-state index in [1.165, 1.54) is 23.3 Å². The minimum Gasteiger partial charge on any atom is -0.397 e. The van der Waals surface area contributed by atoms with Crippen LogP contribution in [0.2, 0.25) is 10.0 Å². The average Bonchev–Trinajstić information content (AvgIpc) is 2.85. The van der Waals surface area contributed by atoms with E-state index in [1.807, 2.05) is 11.3 Å². The van der Waals surface area contributed by atoms with E-state index in [9.17, 15) is 0 Å². The van der Waals surface area contributed by atoms with E-state index in [2.05, 4.69) is 16.8 Å². The molecule has 19 heavy (non-hydrogen) atoms. The fourth-order valence-electron chi connectivity index (χ4n) is 2.51. The second-order valence-corrected chi connectivity index (χ2v) is 6.56. The second kappa shape index (κ2) is 5.23. The van der Waals surface area contributed by atoms with Crippen LogP contribution in [0.25, 0.3) is 0 Å². The average molecular weight is 313 g/mol. The summed E-state index contributed by atoms with van der Waals surface area (Å²) in [6, 6.07) is 6.02. The molecule has 1 aromatic heterocycles. The van der Waals surface area contributed by atoms with Crippen molar-refractivity contribution in [2.24, 2.45) is 0 Å². The first kappa shape index (κ1) is 13.1. The second-order valence-electron chi connectivity index (χ2n) is 4.74. The van der Waals surface area contributed by atoms with Gasteiger partial charge in [-0.15, -0.1) is 11.3 Å². The van der Waals surface area contributed by atoms with Crippen molar-refractivity contribution in [3.63, 3.8) is 0 Å². The summed E-state index contributed by atoms with van der Waals surface area (Å²) in [5, 5.41) is 6.67. The maximum absolute atomic E-state index is 6.06. The number of nitrogens with two attached hydrogens (primary N) is 1. The lowest BCUT2D eigenvalue weighted by molar-refractivity contribution is 0.609. The van der Waals surface area contributed by atoms with Crippen LogP contribution in [0.1, 0.15) is 29.3 Å². The highest BCUT2D eigenvalue weighted by Crippen LogP contribution is 2.38. The Labute approximate surface area is 126 Å². The maximum atomic E-state index is 6.06. The molecule has 2 nitrogen and oxygen atoms in total. The standard InChI is InChI=1S/C14H14Cl2N2S/c15-9-6-11(17)13(7-10(9)16)18-12-2-1-3-14-8(12)4-5-19-14/h4-7,12,18H,1-3,17H2. The maximum Gasteiger partial charge on any atom is 0.0614 e. The summed E-state index contributed by atoms with van der Waals surface area (Å²) in [5.41, 5.74) is 8.89. The monoisotopic (exact) mass is 312 g/mol. The first-order valence-electron chi connectivity index (χ1n) is 6.22. The van der Waals surface area contributed by atoms with E-state index in [0.717, 1.165) is 12.1 Å². The summed E-state index contributed by atoms with van der Waals surface area (Å²) in [6.07, 6.45) is 3.50. The lowest BCUT2D eigenvalue weighted by Crippen LogP contribution is -2.16. The van der Waals surface area contributed by atoms with Gasteiger partial charge in [-0.2, -0.15) is 0 Å². The zero-order valence-corrected chi connectivity index (χ0v) is 12.6. The summed E-state index contributed by atoms with van der Waals surface area (Å²) in [5.74, 6) is 0. The number of benzene rings is 1. The molecule has 1 heterocycles. The van der Waals surface area contributed by atoms with Crippen LogP contribution in [0.4, 0.5) is 11.4 Å². The van der Waals surface area contributed by atoms with Crippen molar-refractivity contribution < 1.29 is 0 Å². The lowest BCUT2D eigenvalue weighted by Gasteiger charge is -2.25. The molecular weight excluding hydrogens is 299 g/mol. The van der Waals surface area contributed by atoms with Crippen molar-refractivity contribution in [2.75, 3.05) is 11.1 Å². The molecule has 0 bridgehead atoms. The fraction of sp³-hybridized carbons (Fsp3) is 0.286. The van der Waals surface area contributed by atoms with Gasteiger partial charge in [-0.05, 0) is 48.4 Å². The Morgan fingerprint density at radius 2 is 2.05 bits per heavy atom. The minimum atomic E-state index is 0.314. The number of nitrogen functional groups attached to an aromatic ring is 1. The van der Waals surface area contributed by atoms with Crippen LogP contribution in [0.3, 0.4) is 0 Å². The molecule has 0 spiro atoms. The number of anilines is 2. The van der Waals surface area contributed by atoms with E-state index < -0.39 is 0 Å². The van der Waals surface area contributed by atoms with Gasteiger partial charge in [-0.25, -0.2) is 0 Å². The van der Waals surface area contributed by atoms with E-state index >= 15 is 0 Å². The number of thiophene rings is 1. The van der Waals surface area contributed by atoms with Gasteiger partial charge in [0, 0.05) is 4.88 Å². The first-order chi connectivity index (χ1) is 9.15. The molecule has 1 aliphatic rings. The Balaban J connectivity index is 1.89. The zero-order valence-electron chi connectivity index (χ0n) is 10.2. The number of rotatable bonds is 2. The van der Waals surface area contributed by atoms with Gasteiger partial charge in [-0.1, -0.05) is 23.2 Å². The summed E-state index contributed by atoms with van der Waals surface area (Å²) < 4.78 is 0. The molecule has 3 rings (SSSR count). The molecule has 1 unspecified atom stereocenters. The zero-order chi connectivity index (χ0) is 13.4. The van der Waals surface area contributed by atoms with Gasteiger partial charge in [0.2, 0.25) is 0 Å². The fourth-order valence-corrected chi connectivity index (χ4v) is 3.83. The van der Waals surface area contributed by atoms with Gasteiger partial charge in [-0.3, -0.25) is 0 Å². The van der Waals surface area contributed by atoms with Crippen molar-refractivity contribution in [3.05, 3.63) is 44.1 Å². The molecular formula is C14H14Cl2N2S. The van der Waals surface area contributed by atoms with Gasteiger partial charge in [0.25, 0.3) is 0 Å². The normalized spacial score (nSPS) is 18.1. The van der Waals surface area contributed by atoms with E-state index in [-0.39, 0.29) is 0 Å². The van der Waals surface area contributed by atoms with Gasteiger partial charge >= 0.3 is 0 Å². The molecule has 0 amide bonds. The topological polar surface area (TPSA) is 38.0 Å². The summed E-state index contributed by atoms with van der Waals surface area (Å²) in [7, 11) is 0. The summed E-state index contributed by atoms with van der Waals surface area (Å²) in [4.78, 5) is 1.47. The molecule has 0 saturated heterocycles. The summed E-state index contributed by atoms with van der Waals surface area (Å²) >= 11 is 13.8. The van der Waals surface area contributed by atoms with Crippen LogP contribution in [-0.4, -0.2) is 0 Å². The molecule has 0 radical (unpaired) electrons. The number of hydrogen-bond acceptors (Lipinski definition) is 3.